The Hall–Kier alpha value is -2.46. The first-order valence-electron chi connectivity index (χ1n) is 8.88. The molecule has 1 aliphatic heterocycles. The van der Waals surface area contributed by atoms with E-state index in [1.54, 1.807) is 12.1 Å². The van der Waals surface area contributed by atoms with Gasteiger partial charge in [0.2, 0.25) is 5.78 Å². The van der Waals surface area contributed by atoms with E-state index in [1.807, 2.05) is 42.5 Å². The second kappa shape index (κ2) is 8.08. The van der Waals surface area contributed by atoms with Gasteiger partial charge in [-0.2, -0.15) is 0 Å². The Morgan fingerprint density at radius 2 is 1.84 bits per heavy atom. The van der Waals surface area contributed by atoms with Crippen LogP contribution in [0, 0.1) is 5.41 Å². The predicted molar refractivity (Wildman–Crippen MR) is 103 cm³/mol. The number of hydrogen-bond acceptors (Lipinski definition) is 4. The standard InChI is InChI=1S/C21H25N3O/c1-24-14-8-7-11-17(24)15-23-19-13-6-5-12-18(19)20(22)21(25)16-9-3-2-4-10-16/h2-6,9-10,12-13,17,22-23H,7-8,11,14-15H2,1H3. The average Bonchev–Trinajstić information content (AvgIpc) is 2.67. The van der Waals surface area contributed by atoms with Crippen molar-refractivity contribution in [3.8, 4) is 0 Å². The number of rotatable bonds is 6. The fourth-order valence-corrected chi connectivity index (χ4v) is 3.34. The second-order valence-corrected chi connectivity index (χ2v) is 6.63. The lowest BCUT2D eigenvalue weighted by Gasteiger charge is -2.33. The number of para-hydroxylation sites is 1. The number of carbonyl (C=O) groups is 1. The quantitative estimate of drug-likeness (QED) is 0.623. The van der Waals surface area contributed by atoms with Crippen LogP contribution < -0.4 is 5.32 Å². The lowest BCUT2D eigenvalue weighted by Crippen LogP contribution is -2.40. The van der Waals surface area contributed by atoms with E-state index in [9.17, 15) is 4.79 Å². The molecule has 0 saturated carbocycles. The van der Waals surface area contributed by atoms with E-state index in [4.69, 9.17) is 5.41 Å². The molecule has 4 nitrogen and oxygen atoms in total. The third-order valence-corrected chi connectivity index (χ3v) is 4.91. The van der Waals surface area contributed by atoms with Crippen LogP contribution in [-0.4, -0.2) is 42.6 Å². The van der Waals surface area contributed by atoms with Gasteiger partial charge in [0.05, 0.1) is 0 Å². The van der Waals surface area contributed by atoms with Crippen LogP contribution in [0.25, 0.3) is 0 Å². The molecule has 1 saturated heterocycles. The minimum Gasteiger partial charge on any atom is -0.383 e. The first kappa shape index (κ1) is 17.4. The molecule has 0 spiro atoms. The van der Waals surface area contributed by atoms with Crippen LogP contribution in [0.2, 0.25) is 0 Å². The highest BCUT2D eigenvalue weighted by atomic mass is 16.1. The number of anilines is 1. The zero-order chi connectivity index (χ0) is 17.6. The molecule has 3 rings (SSSR count). The summed E-state index contributed by atoms with van der Waals surface area (Å²) < 4.78 is 0. The molecule has 25 heavy (non-hydrogen) atoms. The highest BCUT2D eigenvalue weighted by Gasteiger charge is 2.20. The molecule has 2 aromatic rings. The van der Waals surface area contributed by atoms with Gasteiger partial charge in [0.15, 0.2) is 0 Å². The lowest BCUT2D eigenvalue weighted by atomic mass is 9.98. The third kappa shape index (κ3) is 4.15. The summed E-state index contributed by atoms with van der Waals surface area (Å²) in [5, 5.41) is 11.8. The molecule has 0 bridgehead atoms. The van der Waals surface area contributed by atoms with Crippen LogP contribution in [0.15, 0.2) is 54.6 Å². The van der Waals surface area contributed by atoms with Crippen molar-refractivity contribution in [3.05, 3.63) is 65.7 Å². The summed E-state index contributed by atoms with van der Waals surface area (Å²) in [6, 6.07) is 17.1. The van der Waals surface area contributed by atoms with Crippen LogP contribution in [-0.2, 0) is 0 Å². The fraction of sp³-hybridized carbons (Fsp3) is 0.333. The largest absolute Gasteiger partial charge is 0.383 e. The number of nitrogens with one attached hydrogen (secondary N) is 2. The van der Waals surface area contributed by atoms with Crippen LogP contribution in [0.1, 0.15) is 35.2 Å². The Labute approximate surface area is 149 Å². The number of likely N-dealkylation sites (tertiary alicyclic amines) is 1. The first-order chi connectivity index (χ1) is 12.2. The smallest absolute Gasteiger partial charge is 0.211 e. The van der Waals surface area contributed by atoms with E-state index in [2.05, 4.69) is 17.3 Å². The van der Waals surface area contributed by atoms with Gasteiger partial charge in [0.25, 0.3) is 0 Å². The van der Waals surface area contributed by atoms with Crippen molar-refractivity contribution in [3.63, 3.8) is 0 Å². The van der Waals surface area contributed by atoms with Crippen LogP contribution >= 0.6 is 0 Å². The fourth-order valence-electron chi connectivity index (χ4n) is 3.34. The molecule has 2 aromatic carbocycles. The minimum absolute atomic E-state index is 0.0336. The predicted octanol–water partition coefficient (Wildman–Crippen LogP) is 3.83. The van der Waals surface area contributed by atoms with E-state index in [-0.39, 0.29) is 11.5 Å². The summed E-state index contributed by atoms with van der Waals surface area (Å²) in [7, 11) is 2.17. The number of Topliss-reactive ketones (excluding diaryl/α,β-unsaturated/α-hetero) is 1. The van der Waals surface area contributed by atoms with Gasteiger partial charge in [-0.05, 0) is 32.5 Å². The Morgan fingerprint density at radius 3 is 2.60 bits per heavy atom. The van der Waals surface area contributed by atoms with E-state index in [1.165, 1.54) is 19.3 Å². The van der Waals surface area contributed by atoms with Crippen molar-refractivity contribution in [1.82, 2.24) is 4.90 Å². The van der Waals surface area contributed by atoms with Crippen molar-refractivity contribution in [2.24, 2.45) is 0 Å². The highest BCUT2D eigenvalue weighted by Crippen LogP contribution is 2.20. The summed E-state index contributed by atoms with van der Waals surface area (Å²) in [5.74, 6) is -0.246. The topological polar surface area (TPSA) is 56.2 Å². The van der Waals surface area contributed by atoms with Gasteiger partial charge < -0.3 is 10.2 Å². The Kier molecular flexibility index (Phi) is 5.61. The van der Waals surface area contributed by atoms with Crippen LogP contribution in [0.5, 0.6) is 0 Å². The van der Waals surface area contributed by atoms with Gasteiger partial charge in [-0.15, -0.1) is 0 Å². The molecular weight excluding hydrogens is 310 g/mol. The van der Waals surface area contributed by atoms with E-state index in [0.29, 0.717) is 17.2 Å². The molecule has 4 heteroatoms. The molecular formula is C21H25N3O. The van der Waals surface area contributed by atoms with Crippen molar-refractivity contribution >= 4 is 17.2 Å². The minimum atomic E-state index is -0.246. The molecule has 130 valence electrons. The molecule has 1 atom stereocenters. The number of piperidine rings is 1. The lowest BCUT2D eigenvalue weighted by molar-refractivity contribution is 0.106. The van der Waals surface area contributed by atoms with Gasteiger partial charge in [0, 0.05) is 29.4 Å². The summed E-state index contributed by atoms with van der Waals surface area (Å²) in [6.45, 7) is 1.97. The van der Waals surface area contributed by atoms with E-state index in [0.717, 1.165) is 18.8 Å². The second-order valence-electron chi connectivity index (χ2n) is 6.63. The number of hydrogen-bond donors (Lipinski definition) is 2. The maximum Gasteiger partial charge on any atom is 0.211 e. The average molecular weight is 335 g/mol. The van der Waals surface area contributed by atoms with Crippen LogP contribution in [0.4, 0.5) is 5.69 Å². The van der Waals surface area contributed by atoms with Gasteiger partial charge in [-0.1, -0.05) is 55.0 Å². The zero-order valence-electron chi connectivity index (χ0n) is 14.7. The van der Waals surface area contributed by atoms with Crippen molar-refractivity contribution in [2.45, 2.75) is 25.3 Å². The molecule has 0 radical (unpaired) electrons. The normalized spacial score (nSPS) is 17.9. The van der Waals surface area contributed by atoms with Crippen molar-refractivity contribution < 1.29 is 4.79 Å². The van der Waals surface area contributed by atoms with Gasteiger partial charge in [-0.25, -0.2) is 0 Å². The number of benzene rings is 2. The SMILES string of the molecule is CN1CCCCC1CNc1ccccc1C(=N)C(=O)c1ccccc1. The van der Waals surface area contributed by atoms with Crippen molar-refractivity contribution in [2.75, 3.05) is 25.5 Å². The monoisotopic (exact) mass is 335 g/mol. The number of nitrogens with zero attached hydrogens (tertiary/aromatic N) is 1. The van der Waals surface area contributed by atoms with E-state index < -0.39 is 0 Å². The zero-order valence-corrected chi connectivity index (χ0v) is 14.7. The molecule has 1 aliphatic rings. The maximum absolute atomic E-state index is 12.6. The van der Waals surface area contributed by atoms with Crippen LogP contribution in [0.3, 0.4) is 0 Å². The molecule has 0 aliphatic carbocycles. The summed E-state index contributed by atoms with van der Waals surface area (Å²) in [5.41, 5.74) is 2.10. The number of carbonyl (C=O) groups excluding carboxylic acids is 1. The Balaban J connectivity index is 1.74. The summed E-state index contributed by atoms with van der Waals surface area (Å²) >= 11 is 0. The number of ketones is 1. The van der Waals surface area contributed by atoms with E-state index >= 15 is 0 Å². The van der Waals surface area contributed by atoms with Crippen molar-refractivity contribution in [1.29, 1.82) is 5.41 Å². The van der Waals surface area contributed by atoms with Gasteiger partial charge in [0.1, 0.15) is 5.71 Å². The molecule has 2 N–H and O–H groups in total. The summed E-state index contributed by atoms with van der Waals surface area (Å²) in [4.78, 5) is 15.0. The molecule has 1 heterocycles. The first-order valence-corrected chi connectivity index (χ1v) is 8.88. The molecule has 1 unspecified atom stereocenters. The number of likely N-dealkylation sites (N-methyl/N-ethyl adjacent to an activating group) is 1. The van der Waals surface area contributed by atoms with Gasteiger partial charge in [-0.3, -0.25) is 10.2 Å². The molecule has 0 aromatic heterocycles. The third-order valence-electron chi connectivity index (χ3n) is 4.91. The maximum atomic E-state index is 12.6. The Bertz CT molecular complexity index is 742. The van der Waals surface area contributed by atoms with Gasteiger partial charge >= 0.3 is 0 Å². The summed E-state index contributed by atoms with van der Waals surface area (Å²) in [6.07, 6.45) is 3.71. The highest BCUT2D eigenvalue weighted by molar-refractivity contribution is 6.51. The molecule has 0 amide bonds. The molecule has 1 fully saturated rings. The Morgan fingerprint density at radius 1 is 1.12 bits per heavy atom.